The van der Waals surface area contributed by atoms with Gasteiger partial charge in [0.15, 0.2) is 0 Å². The summed E-state index contributed by atoms with van der Waals surface area (Å²) in [5.41, 5.74) is 5.46. The van der Waals surface area contributed by atoms with E-state index in [0.717, 1.165) is 0 Å². The van der Waals surface area contributed by atoms with Gasteiger partial charge in [-0.3, -0.25) is 0 Å². The zero-order valence-corrected chi connectivity index (χ0v) is 6.67. The minimum atomic E-state index is -1.35. The molecule has 0 heterocycles. The highest BCUT2D eigenvalue weighted by molar-refractivity contribution is 4.90. The van der Waals surface area contributed by atoms with Gasteiger partial charge in [-0.25, -0.2) is 0 Å². The summed E-state index contributed by atoms with van der Waals surface area (Å²) in [4.78, 5) is 0. The Morgan fingerprint density at radius 1 is 0.833 bits per heavy atom. The molecular formula is C7H15NO4. The van der Waals surface area contributed by atoms with Gasteiger partial charge in [0, 0.05) is 6.04 Å². The second kappa shape index (κ2) is 3.68. The molecule has 0 radical (unpaired) electrons. The molecule has 0 spiro atoms. The van der Waals surface area contributed by atoms with E-state index in [0.29, 0.717) is 12.8 Å². The summed E-state index contributed by atoms with van der Waals surface area (Å²) < 4.78 is 0. The zero-order valence-electron chi connectivity index (χ0n) is 6.67. The van der Waals surface area contributed by atoms with Gasteiger partial charge in [-0.05, 0) is 12.8 Å². The van der Waals surface area contributed by atoms with Crippen molar-refractivity contribution >= 4 is 0 Å². The molecule has 0 amide bonds. The molecule has 12 heavy (non-hydrogen) atoms. The summed E-state index contributed by atoms with van der Waals surface area (Å²) in [7, 11) is 0. The van der Waals surface area contributed by atoms with Gasteiger partial charge in [0.1, 0.15) is 12.2 Å². The van der Waals surface area contributed by atoms with E-state index in [1.807, 2.05) is 0 Å². The van der Waals surface area contributed by atoms with Crippen LogP contribution in [0.25, 0.3) is 0 Å². The molecule has 5 atom stereocenters. The first-order valence-electron chi connectivity index (χ1n) is 4.02. The topological polar surface area (TPSA) is 107 Å². The highest BCUT2D eigenvalue weighted by Gasteiger charge is 2.36. The normalized spacial score (nSPS) is 50.2. The Labute approximate surface area is 70.4 Å². The van der Waals surface area contributed by atoms with Crippen molar-refractivity contribution in [1.82, 2.24) is 0 Å². The number of aliphatic hydroxyl groups excluding tert-OH is 4. The molecule has 1 rings (SSSR count). The van der Waals surface area contributed by atoms with E-state index in [-0.39, 0.29) is 0 Å². The number of rotatable bonds is 0. The van der Waals surface area contributed by atoms with E-state index < -0.39 is 30.5 Å². The van der Waals surface area contributed by atoms with Crippen LogP contribution in [0, 0.1) is 0 Å². The Kier molecular flexibility index (Phi) is 3.03. The highest BCUT2D eigenvalue weighted by Crippen LogP contribution is 2.18. The number of hydrogen-bond donors (Lipinski definition) is 5. The summed E-state index contributed by atoms with van der Waals surface area (Å²) in [5, 5.41) is 36.9. The van der Waals surface area contributed by atoms with Crippen molar-refractivity contribution in [2.45, 2.75) is 43.3 Å². The van der Waals surface area contributed by atoms with Gasteiger partial charge in [0.05, 0.1) is 12.2 Å². The van der Waals surface area contributed by atoms with E-state index in [1.54, 1.807) is 0 Å². The Bertz CT molecular complexity index is 138. The smallest absolute Gasteiger partial charge is 0.110 e. The van der Waals surface area contributed by atoms with Crippen LogP contribution in [-0.4, -0.2) is 50.9 Å². The van der Waals surface area contributed by atoms with Crippen molar-refractivity contribution in [3.63, 3.8) is 0 Å². The lowest BCUT2D eigenvalue weighted by molar-refractivity contribution is -0.0973. The van der Waals surface area contributed by atoms with E-state index in [9.17, 15) is 20.4 Å². The van der Waals surface area contributed by atoms with Crippen molar-refractivity contribution in [3.8, 4) is 0 Å². The quantitative estimate of drug-likeness (QED) is 0.264. The predicted octanol–water partition coefficient (Wildman–Crippen LogP) is -2.45. The van der Waals surface area contributed by atoms with Gasteiger partial charge in [-0.1, -0.05) is 0 Å². The largest absolute Gasteiger partial charge is 0.390 e. The Balaban J connectivity index is 2.68. The van der Waals surface area contributed by atoms with E-state index in [4.69, 9.17) is 5.73 Å². The van der Waals surface area contributed by atoms with Gasteiger partial charge in [-0.2, -0.15) is 0 Å². The SMILES string of the molecule is N[C@@H]1CC[C@H](O)[C@@H](O)[C@@H](O)[C@@H]1O. The molecule has 72 valence electrons. The van der Waals surface area contributed by atoms with Crippen LogP contribution in [0.2, 0.25) is 0 Å². The van der Waals surface area contributed by atoms with Crippen molar-refractivity contribution < 1.29 is 20.4 Å². The lowest BCUT2D eigenvalue weighted by Gasteiger charge is -2.24. The van der Waals surface area contributed by atoms with Gasteiger partial charge < -0.3 is 26.2 Å². The van der Waals surface area contributed by atoms with Crippen LogP contribution in [-0.2, 0) is 0 Å². The van der Waals surface area contributed by atoms with Crippen LogP contribution in [0.1, 0.15) is 12.8 Å². The Morgan fingerprint density at radius 3 is 2.00 bits per heavy atom. The van der Waals surface area contributed by atoms with Crippen LogP contribution in [0.3, 0.4) is 0 Å². The molecule has 6 N–H and O–H groups in total. The molecular weight excluding hydrogens is 162 g/mol. The lowest BCUT2D eigenvalue weighted by atomic mass is 10.0. The van der Waals surface area contributed by atoms with Crippen molar-refractivity contribution in [2.24, 2.45) is 5.73 Å². The van der Waals surface area contributed by atoms with Gasteiger partial charge in [-0.15, -0.1) is 0 Å². The van der Waals surface area contributed by atoms with E-state index in [2.05, 4.69) is 0 Å². The summed E-state index contributed by atoms with van der Waals surface area (Å²) in [6.45, 7) is 0. The first-order valence-corrected chi connectivity index (χ1v) is 4.02. The molecule has 1 aliphatic rings. The van der Waals surface area contributed by atoms with Crippen LogP contribution in [0.15, 0.2) is 0 Å². The average Bonchev–Trinajstić information content (AvgIpc) is 2.14. The Hall–Kier alpha value is -0.200. The van der Waals surface area contributed by atoms with Crippen molar-refractivity contribution in [2.75, 3.05) is 0 Å². The minimum Gasteiger partial charge on any atom is -0.390 e. The summed E-state index contributed by atoms with van der Waals surface area (Å²) in [6, 6.07) is -0.577. The first kappa shape index (κ1) is 9.88. The fourth-order valence-electron chi connectivity index (χ4n) is 1.39. The molecule has 5 heteroatoms. The third-order valence-corrected chi connectivity index (χ3v) is 2.33. The average molecular weight is 177 g/mol. The number of hydrogen-bond acceptors (Lipinski definition) is 5. The maximum Gasteiger partial charge on any atom is 0.110 e. The summed E-state index contributed by atoms with van der Waals surface area (Å²) in [6.07, 6.45) is -4.10. The van der Waals surface area contributed by atoms with Gasteiger partial charge >= 0.3 is 0 Å². The van der Waals surface area contributed by atoms with Crippen LogP contribution >= 0.6 is 0 Å². The van der Waals surface area contributed by atoms with Gasteiger partial charge in [0.25, 0.3) is 0 Å². The fourth-order valence-corrected chi connectivity index (χ4v) is 1.39. The van der Waals surface area contributed by atoms with E-state index >= 15 is 0 Å². The molecule has 1 saturated carbocycles. The standard InChI is InChI=1S/C7H15NO4/c8-3-1-2-4(9)6(11)7(12)5(3)10/h3-7,9-12H,1-2,8H2/t3-,4+,5-,6-,7+/m1/s1. The second-order valence-corrected chi connectivity index (χ2v) is 3.28. The third kappa shape index (κ3) is 1.75. The zero-order chi connectivity index (χ0) is 9.30. The molecule has 5 nitrogen and oxygen atoms in total. The molecule has 0 unspecified atom stereocenters. The summed E-state index contributed by atoms with van der Waals surface area (Å²) in [5.74, 6) is 0. The van der Waals surface area contributed by atoms with E-state index in [1.165, 1.54) is 0 Å². The van der Waals surface area contributed by atoms with Gasteiger partial charge in [0.2, 0.25) is 0 Å². The molecule has 0 aliphatic heterocycles. The molecule has 0 bridgehead atoms. The van der Waals surface area contributed by atoms with Crippen LogP contribution in [0.4, 0.5) is 0 Å². The molecule has 0 aromatic heterocycles. The third-order valence-electron chi connectivity index (χ3n) is 2.33. The molecule has 0 aromatic carbocycles. The van der Waals surface area contributed by atoms with Crippen LogP contribution in [0.5, 0.6) is 0 Å². The molecule has 1 fully saturated rings. The van der Waals surface area contributed by atoms with Crippen molar-refractivity contribution in [3.05, 3.63) is 0 Å². The first-order chi connectivity index (χ1) is 5.54. The second-order valence-electron chi connectivity index (χ2n) is 3.28. The highest BCUT2D eigenvalue weighted by atomic mass is 16.4. The molecule has 1 aliphatic carbocycles. The molecule has 0 aromatic rings. The maximum atomic E-state index is 9.27. The molecule has 0 saturated heterocycles. The predicted molar refractivity (Wildman–Crippen MR) is 41.2 cm³/mol. The number of nitrogens with two attached hydrogens (primary N) is 1. The number of aliphatic hydroxyl groups is 4. The Morgan fingerprint density at radius 2 is 1.42 bits per heavy atom. The lowest BCUT2D eigenvalue weighted by Crippen LogP contribution is -2.48. The minimum absolute atomic E-state index is 0.302. The fraction of sp³-hybridized carbons (Fsp3) is 1.00. The van der Waals surface area contributed by atoms with Crippen molar-refractivity contribution in [1.29, 1.82) is 0 Å². The maximum absolute atomic E-state index is 9.27. The summed E-state index contributed by atoms with van der Waals surface area (Å²) >= 11 is 0. The monoisotopic (exact) mass is 177 g/mol. The van der Waals surface area contributed by atoms with Crippen LogP contribution < -0.4 is 5.73 Å².